The molecular weight excluding hydrogens is 396 g/mol. The van der Waals surface area contributed by atoms with Crippen molar-refractivity contribution in [2.24, 2.45) is 0 Å². The van der Waals surface area contributed by atoms with Crippen molar-refractivity contribution in [1.82, 2.24) is 0 Å². The lowest BCUT2D eigenvalue weighted by Gasteiger charge is -2.29. The van der Waals surface area contributed by atoms with Gasteiger partial charge in [0.2, 0.25) is 5.88 Å². The smallest absolute Gasteiger partial charge is 0.337 e. The van der Waals surface area contributed by atoms with Crippen LogP contribution in [0.5, 0.6) is 0 Å². The van der Waals surface area contributed by atoms with E-state index in [1.807, 2.05) is 30.9 Å². The number of benzene rings is 2. The average molecular weight is 422 g/mol. The highest BCUT2D eigenvalue weighted by atomic mass is 16.5. The molecule has 2 N–H and O–H groups in total. The SMILES string of the molecule is Cc1cc([C@H](C)Nc2ccccc2C(=O)O)c2oc(N3CCOCC3)c(C)c(=O)c2c1. The number of anilines is 2. The number of aryl methyl sites for hydroxylation is 1. The molecule has 2 heterocycles. The molecule has 7 nitrogen and oxygen atoms in total. The van der Waals surface area contributed by atoms with Gasteiger partial charge in [0.15, 0.2) is 5.43 Å². The van der Waals surface area contributed by atoms with Crippen LogP contribution in [-0.4, -0.2) is 37.4 Å². The third-order valence-corrected chi connectivity index (χ3v) is 5.66. The first-order valence-electron chi connectivity index (χ1n) is 10.4. The number of fused-ring (bicyclic) bond motifs is 1. The van der Waals surface area contributed by atoms with Crippen LogP contribution in [0.3, 0.4) is 0 Å². The predicted octanol–water partition coefficient (Wildman–Crippen LogP) is 4.12. The number of carboxylic acid groups (broad SMARTS) is 1. The summed E-state index contributed by atoms with van der Waals surface area (Å²) >= 11 is 0. The molecular formula is C24H26N2O5. The minimum atomic E-state index is -0.999. The Hall–Kier alpha value is -3.32. The summed E-state index contributed by atoms with van der Waals surface area (Å²) < 4.78 is 11.8. The number of nitrogens with one attached hydrogen (secondary N) is 1. The van der Waals surface area contributed by atoms with E-state index < -0.39 is 5.97 Å². The van der Waals surface area contributed by atoms with Crippen LogP contribution in [-0.2, 0) is 4.74 Å². The second-order valence-corrected chi connectivity index (χ2v) is 7.91. The minimum absolute atomic E-state index is 0.0502. The molecule has 0 spiro atoms. The molecule has 0 unspecified atom stereocenters. The Labute approximate surface area is 180 Å². The summed E-state index contributed by atoms with van der Waals surface area (Å²) in [6.07, 6.45) is 0. The fraction of sp³-hybridized carbons (Fsp3) is 0.333. The second-order valence-electron chi connectivity index (χ2n) is 7.91. The first kappa shape index (κ1) is 20.9. The normalized spacial score (nSPS) is 15.1. The number of nitrogens with zero attached hydrogens (tertiary/aromatic N) is 1. The van der Waals surface area contributed by atoms with Crippen LogP contribution in [0.4, 0.5) is 11.6 Å². The minimum Gasteiger partial charge on any atom is -0.478 e. The molecule has 31 heavy (non-hydrogen) atoms. The van der Waals surface area contributed by atoms with Crippen molar-refractivity contribution in [2.45, 2.75) is 26.8 Å². The third-order valence-electron chi connectivity index (χ3n) is 5.66. The first-order valence-corrected chi connectivity index (χ1v) is 10.4. The molecule has 1 atom stereocenters. The van der Waals surface area contributed by atoms with E-state index in [1.54, 1.807) is 31.2 Å². The standard InChI is InChI=1S/C24H26N2O5/c1-14-12-18(16(3)25-20-7-5-4-6-17(20)24(28)29)22-19(13-14)21(27)15(2)23(31-22)26-8-10-30-11-9-26/h4-7,12-13,16,25H,8-11H2,1-3H3,(H,28,29)/t16-/m0/s1. The van der Waals surface area contributed by atoms with Crippen LogP contribution < -0.4 is 15.6 Å². The average Bonchev–Trinajstić information content (AvgIpc) is 2.77. The largest absolute Gasteiger partial charge is 0.478 e. The highest BCUT2D eigenvalue weighted by molar-refractivity contribution is 5.94. The molecule has 0 saturated carbocycles. The van der Waals surface area contributed by atoms with Gasteiger partial charge in [-0.25, -0.2) is 4.79 Å². The van der Waals surface area contributed by atoms with Crippen molar-refractivity contribution < 1.29 is 19.1 Å². The fourth-order valence-electron chi connectivity index (χ4n) is 4.05. The van der Waals surface area contributed by atoms with Gasteiger partial charge in [-0.2, -0.15) is 0 Å². The Balaban J connectivity index is 1.83. The third kappa shape index (κ3) is 4.01. The second kappa shape index (κ2) is 8.43. The number of hydrogen-bond acceptors (Lipinski definition) is 6. The van der Waals surface area contributed by atoms with E-state index in [-0.39, 0.29) is 17.0 Å². The number of para-hydroxylation sites is 1. The van der Waals surface area contributed by atoms with E-state index in [2.05, 4.69) is 5.32 Å². The van der Waals surface area contributed by atoms with Crippen molar-refractivity contribution in [3.05, 3.63) is 68.9 Å². The van der Waals surface area contributed by atoms with Crippen LogP contribution in [0.2, 0.25) is 0 Å². The zero-order valence-corrected chi connectivity index (χ0v) is 17.9. The molecule has 3 aromatic rings. The molecule has 1 saturated heterocycles. The maximum absolute atomic E-state index is 13.2. The van der Waals surface area contributed by atoms with Crippen LogP contribution in [0.15, 0.2) is 45.6 Å². The molecule has 0 aliphatic carbocycles. The number of rotatable bonds is 5. The van der Waals surface area contributed by atoms with E-state index in [0.717, 1.165) is 11.1 Å². The number of carbonyl (C=O) groups is 1. The van der Waals surface area contributed by atoms with E-state index in [1.165, 1.54) is 0 Å². The summed E-state index contributed by atoms with van der Waals surface area (Å²) in [6, 6.07) is 10.3. The number of carboxylic acids is 1. The molecule has 1 aromatic heterocycles. The maximum atomic E-state index is 13.2. The number of aromatic carboxylic acids is 1. The quantitative estimate of drug-likeness (QED) is 0.639. The molecule has 2 aromatic carbocycles. The van der Waals surface area contributed by atoms with Crippen molar-refractivity contribution in [1.29, 1.82) is 0 Å². The number of ether oxygens (including phenoxy) is 1. The van der Waals surface area contributed by atoms with Crippen LogP contribution >= 0.6 is 0 Å². The molecule has 4 rings (SSSR count). The zero-order valence-electron chi connectivity index (χ0n) is 17.9. The summed E-state index contributed by atoms with van der Waals surface area (Å²) in [5.74, 6) is -0.426. The maximum Gasteiger partial charge on any atom is 0.337 e. The van der Waals surface area contributed by atoms with Crippen molar-refractivity contribution >= 4 is 28.5 Å². The summed E-state index contributed by atoms with van der Waals surface area (Å²) in [5.41, 5.74) is 3.51. The molecule has 1 fully saturated rings. The Kier molecular flexibility index (Phi) is 5.69. The number of hydrogen-bond donors (Lipinski definition) is 2. The molecule has 1 aliphatic heterocycles. The lowest BCUT2D eigenvalue weighted by molar-refractivity contribution is 0.0698. The van der Waals surface area contributed by atoms with E-state index >= 15 is 0 Å². The lowest BCUT2D eigenvalue weighted by Crippen LogP contribution is -2.37. The van der Waals surface area contributed by atoms with Gasteiger partial charge >= 0.3 is 5.97 Å². The zero-order chi connectivity index (χ0) is 22.1. The summed E-state index contributed by atoms with van der Waals surface area (Å²) in [5, 5.41) is 13.3. The van der Waals surface area contributed by atoms with Crippen molar-refractivity contribution in [3.63, 3.8) is 0 Å². The van der Waals surface area contributed by atoms with Gasteiger partial charge in [-0.15, -0.1) is 0 Å². The molecule has 0 amide bonds. The van der Waals surface area contributed by atoms with Gasteiger partial charge in [0, 0.05) is 24.3 Å². The van der Waals surface area contributed by atoms with Crippen LogP contribution in [0.25, 0.3) is 11.0 Å². The lowest BCUT2D eigenvalue weighted by atomic mass is 10.00. The Morgan fingerprint density at radius 1 is 1.16 bits per heavy atom. The molecule has 162 valence electrons. The highest BCUT2D eigenvalue weighted by Crippen LogP contribution is 2.32. The molecule has 0 radical (unpaired) electrons. The van der Waals surface area contributed by atoms with Crippen molar-refractivity contribution in [2.75, 3.05) is 36.5 Å². The van der Waals surface area contributed by atoms with Gasteiger partial charge in [0.05, 0.1) is 35.8 Å². The van der Waals surface area contributed by atoms with Gasteiger partial charge in [0.25, 0.3) is 0 Å². The summed E-state index contributed by atoms with van der Waals surface area (Å²) in [4.78, 5) is 26.8. The summed E-state index contributed by atoms with van der Waals surface area (Å²) in [6.45, 7) is 8.17. The Bertz CT molecular complexity index is 1190. The predicted molar refractivity (Wildman–Crippen MR) is 120 cm³/mol. The summed E-state index contributed by atoms with van der Waals surface area (Å²) in [7, 11) is 0. The molecule has 7 heteroatoms. The van der Waals surface area contributed by atoms with E-state index in [0.29, 0.717) is 54.4 Å². The molecule has 1 aliphatic rings. The van der Waals surface area contributed by atoms with Gasteiger partial charge in [-0.3, -0.25) is 4.79 Å². The topological polar surface area (TPSA) is 92.0 Å². The van der Waals surface area contributed by atoms with Gasteiger partial charge in [-0.1, -0.05) is 18.2 Å². The van der Waals surface area contributed by atoms with Gasteiger partial charge in [0.1, 0.15) is 5.58 Å². The molecule has 0 bridgehead atoms. The van der Waals surface area contributed by atoms with E-state index in [4.69, 9.17) is 9.15 Å². The van der Waals surface area contributed by atoms with E-state index in [9.17, 15) is 14.7 Å². The monoisotopic (exact) mass is 422 g/mol. The number of morpholine rings is 1. The fourth-order valence-corrected chi connectivity index (χ4v) is 4.05. The van der Waals surface area contributed by atoms with Crippen molar-refractivity contribution in [3.8, 4) is 0 Å². The van der Waals surface area contributed by atoms with Crippen LogP contribution in [0, 0.1) is 13.8 Å². The Morgan fingerprint density at radius 2 is 1.87 bits per heavy atom. The first-order chi connectivity index (χ1) is 14.9. The van der Waals surface area contributed by atoms with Crippen LogP contribution in [0.1, 0.15) is 40.0 Å². The van der Waals surface area contributed by atoms with Gasteiger partial charge in [-0.05, 0) is 44.5 Å². The van der Waals surface area contributed by atoms with Gasteiger partial charge < -0.3 is 24.5 Å². The highest BCUT2D eigenvalue weighted by Gasteiger charge is 2.23. The Morgan fingerprint density at radius 3 is 2.58 bits per heavy atom.